The van der Waals surface area contributed by atoms with Gasteiger partial charge in [-0.3, -0.25) is 4.90 Å². The van der Waals surface area contributed by atoms with Crippen molar-refractivity contribution >= 4 is 27.2 Å². The van der Waals surface area contributed by atoms with E-state index >= 15 is 0 Å². The van der Waals surface area contributed by atoms with E-state index in [1.807, 2.05) is 0 Å². The van der Waals surface area contributed by atoms with Gasteiger partial charge in [-0.1, -0.05) is 19.1 Å². The summed E-state index contributed by atoms with van der Waals surface area (Å²) in [5.41, 5.74) is 5.53. The molecule has 1 unspecified atom stereocenters. The van der Waals surface area contributed by atoms with Crippen LogP contribution in [0.3, 0.4) is 0 Å². The maximum atomic E-state index is 12.4. The number of sulfonamides is 1. The van der Waals surface area contributed by atoms with Crippen molar-refractivity contribution in [3.8, 4) is 0 Å². The van der Waals surface area contributed by atoms with E-state index in [-0.39, 0.29) is 4.99 Å². The van der Waals surface area contributed by atoms with Gasteiger partial charge in [0, 0.05) is 32.2 Å². The van der Waals surface area contributed by atoms with E-state index in [9.17, 15) is 8.42 Å². The molecule has 0 aromatic heterocycles. The topological polar surface area (TPSA) is 66.6 Å². The number of piperazine rings is 1. The average Bonchev–Trinajstić information content (AvgIpc) is 2.29. The molecule has 2 N–H and O–H groups in total. The minimum atomic E-state index is -3.38. The van der Waals surface area contributed by atoms with Crippen LogP contribution in [0, 0.1) is 0 Å². The summed E-state index contributed by atoms with van der Waals surface area (Å²) in [6.45, 7) is 8.63. The molecule has 1 aliphatic heterocycles. The van der Waals surface area contributed by atoms with E-state index in [1.54, 1.807) is 6.92 Å². The molecule has 0 bridgehead atoms. The molecule has 106 valence electrons. The summed E-state index contributed by atoms with van der Waals surface area (Å²) >= 11 is 4.86. The molecule has 5 nitrogen and oxygen atoms in total. The predicted octanol–water partition coefficient (Wildman–Crippen LogP) is 0.407. The summed E-state index contributed by atoms with van der Waals surface area (Å²) in [6.07, 6.45) is 0.433. The van der Waals surface area contributed by atoms with Crippen molar-refractivity contribution in [1.82, 2.24) is 9.21 Å². The van der Waals surface area contributed by atoms with Gasteiger partial charge < -0.3 is 5.73 Å². The lowest BCUT2D eigenvalue weighted by Crippen LogP contribution is -2.54. The summed E-state index contributed by atoms with van der Waals surface area (Å²) in [6, 6.07) is 0.451. The van der Waals surface area contributed by atoms with Crippen molar-refractivity contribution in [3.63, 3.8) is 0 Å². The molecule has 1 atom stereocenters. The smallest absolute Gasteiger partial charge is 0.223 e. The van der Waals surface area contributed by atoms with Crippen LogP contribution in [-0.2, 0) is 10.0 Å². The van der Waals surface area contributed by atoms with Crippen molar-refractivity contribution in [2.75, 3.05) is 26.2 Å². The highest BCUT2D eigenvalue weighted by molar-refractivity contribution is 7.92. The van der Waals surface area contributed by atoms with Crippen molar-refractivity contribution in [3.05, 3.63) is 0 Å². The second-order valence-electron chi connectivity index (χ2n) is 4.87. The molecule has 0 aromatic carbocycles. The van der Waals surface area contributed by atoms with Gasteiger partial charge in [0.1, 0.15) is 5.25 Å². The van der Waals surface area contributed by atoms with E-state index in [0.29, 0.717) is 25.6 Å². The van der Waals surface area contributed by atoms with Crippen LogP contribution in [0.5, 0.6) is 0 Å². The zero-order chi connectivity index (χ0) is 13.9. The van der Waals surface area contributed by atoms with Crippen LogP contribution >= 0.6 is 12.2 Å². The highest BCUT2D eigenvalue weighted by atomic mass is 32.2. The van der Waals surface area contributed by atoms with Crippen LogP contribution in [0.1, 0.15) is 27.2 Å². The Hall–Kier alpha value is -0.240. The number of thiocarbonyl (C=S) groups is 1. The summed E-state index contributed by atoms with van der Waals surface area (Å²) < 4.78 is 26.3. The molecule has 0 amide bonds. The largest absolute Gasteiger partial charge is 0.392 e. The Morgan fingerprint density at radius 3 is 2.11 bits per heavy atom. The number of rotatable bonds is 5. The number of hydrogen-bond acceptors (Lipinski definition) is 4. The molecule has 0 radical (unpaired) electrons. The highest BCUT2D eigenvalue weighted by Crippen LogP contribution is 2.16. The third-order valence-electron chi connectivity index (χ3n) is 3.41. The van der Waals surface area contributed by atoms with Crippen molar-refractivity contribution in [1.29, 1.82) is 0 Å². The molecule has 7 heteroatoms. The van der Waals surface area contributed by atoms with Gasteiger partial charge in [-0.15, -0.1) is 0 Å². The molecule has 1 saturated heterocycles. The van der Waals surface area contributed by atoms with Gasteiger partial charge in [-0.2, -0.15) is 4.31 Å². The fourth-order valence-corrected chi connectivity index (χ4v) is 4.49. The van der Waals surface area contributed by atoms with Crippen LogP contribution in [-0.4, -0.2) is 60.1 Å². The van der Waals surface area contributed by atoms with Gasteiger partial charge in [0.05, 0.1) is 4.99 Å². The molecule has 0 spiro atoms. The van der Waals surface area contributed by atoms with E-state index in [1.165, 1.54) is 4.31 Å². The van der Waals surface area contributed by atoms with E-state index < -0.39 is 15.3 Å². The van der Waals surface area contributed by atoms with Gasteiger partial charge in [-0.25, -0.2) is 8.42 Å². The first-order chi connectivity index (χ1) is 8.30. The van der Waals surface area contributed by atoms with Crippen molar-refractivity contribution in [2.24, 2.45) is 5.73 Å². The van der Waals surface area contributed by atoms with E-state index in [4.69, 9.17) is 18.0 Å². The second kappa shape index (κ2) is 6.27. The zero-order valence-electron chi connectivity index (χ0n) is 11.3. The van der Waals surface area contributed by atoms with Crippen LogP contribution in [0.4, 0.5) is 0 Å². The fraction of sp³-hybridized carbons (Fsp3) is 0.909. The Kier molecular flexibility index (Phi) is 5.51. The number of hydrogen-bond donors (Lipinski definition) is 1. The Morgan fingerprint density at radius 2 is 1.78 bits per heavy atom. The van der Waals surface area contributed by atoms with Gasteiger partial charge in [0.2, 0.25) is 10.0 Å². The minimum absolute atomic E-state index is 0.0730. The van der Waals surface area contributed by atoms with Gasteiger partial charge in [0.25, 0.3) is 0 Å². The third-order valence-corrected chi connectivity index (χ3v) is 6.24. The third kappa shape index (κ3) is 3.40. The second-order valence-corrected chi connectivity index (χ2v) is 7.46. The summed E-state index contributed by atoms with van der Waals surface area (Å²) in [5, 5.41) is -0.724. The number of nitrogens with zero attached hydrogens (tertiary/aromatic N) is 2. The molecule has 1 rings (SSSR count). The van der Waals surface area contributed by atoms with E-state index in [0.717, 1.165) is 13.1 Å². The van der Waals surface area contributed by atoms with Crippen LogP contribution in [0.15, 0.2) is 0 Å². The first-order valence-electron chi connectivity index (χ1n) is 6.33. The Morgan fingerprint density at radius 1 is 1.28 bits per heavy atom. The number of nitrogens with two attached hydrogens (primary N) is 1. The first kappa shape index (κ1) is 15.8. The summed E-state index contributed by atoms with van der Waals surface area (Å²) in [4.78, 5) is 2.34. The first-order valence-corrected chi connectivity index (χ1v) is 8.24. The lowest BCUT2D eigenvalue weighted by atomic mass is 10.3. The maximum absolute atomic E-state index is 12.4. The molecular weight excluding hydrogens is 270 g/mol. The monoisotopic (exact) mass is 293 g/mol. The summed E-state index contributed by atoms with van der Waals surface area (Å²) in [7, 11) is -3.38. The molecule has 18 heavy (non-hydrogen) atoms. The molecule has 0 aliphatic carbocycles. The Bertz CT molecular complexity index is 387. The lowest BCUT2D eigenvalue weighted by molar-refractivity contribution is 0.154. The van der Waals surface area contributed by atoms with Crippen LogP contribution < -0.4 is 5.73 Å². The molecule has 0 aromatic rings. The van der Waals surface area contributed by atoms with Crippen LogP contribution in [0.2, 0.25) is 0 Å². The van der Waals surface area contributed by atoms with Crippen LogP contribution in [0.25, 0.3) is 0 Å². The minimum Gasteiger partial charge on any atom is -0.392 e. The quantitative estimate of drug-likeness (QED) is 0.744. The van der Waals surface area contributed by atoms with Gasteiger partial charge >= 0.3 is 0 Å². The summed E-state index contributed by atoms with van der Waals surface area (Å²) in [5.74, 6) is 0. The fourth-order valence-electron chi connectivity index (χ4n) is 2.21. The lowest BCUT2D eigenvalue weighted by Gasteiger charge is -2.37. The van der Waals surface area contributed by atoms with Crippen molar-refractivity contribution < 1.29 is 8.42 Å². The molecule has 1 fully saturated rings. The maximum Gasteiger partial charge on any atom is 0.223 e. The van der Waals surface area contributed by atoms with Gasteiger partial charge in [0.15, 0.2) is 0 Å². The van der Waals surface area contributed by atoms with Crippen molar-refractivity contribution in [2.45, 2.75) is 38.5 Å². The van der Waals surface area contributed by atoms with Gasteiger partial charge in [-0.05, 0) is 20.3 Å². The average molecular weight is 293 g/mol. The molecule has 0 saturated carbocycles. The Balaban J connectivity index is 2.74. The molecular formula is C11H23N3O2S2. The van der Waals surface area contributed by atoms with E-state index in [2.05, 4.69) is 18.7 Å². The predicted molar refractivity (Wildman–Crippen MR) is 78.1 cm³/mol. The molecule has 1 aliphatic rings. The zero-order valence-corrected chi connectivity index (χ0v) is 12.9. The molecule has 1 heterocycles. The highest BCUT2D eigenvalue weighted by Gasteiger charge is 2.35. The normalized spacial score (nSPS) is 21.1. The standard InChI is InChI=1S/C11H23N3O2S2/c1-4-10(11(12)17)18(15,16)14-7-5-13(6-8-14)9(2)3/h9-10H,4-8H2,1-3H3,(H2,12,17). The Labute approximate surface area is 115 Å². The SMILES string of the molecule is CCC(C(N)=S)S(=O)(=O)N1CCN(C(C)C)CC1.